The molecule has 2 rings (SSSR count). The Labute approximate surface area is 108 Å². The van der Waals surface area contributed by atoms with Crippen molar-refractivity contribution in [2.45, 2.75) is 13.0 Å². The van der Waals surface area contributed by atoms with Crippen LogP contribution in [-0.4, -0.2) is 47.9 Å². The third-order valence-electron chi connectivity index (χ3n) is 3.01. The lowest BCUT2D eigenvalue weighted by molar-refractivity contribution is -0.126. The van der Waals surface area contributed by atoms with E-state index < -0.39 is 0 Å². The minimum absolute atomic E-state index is 0.0892. The maximum Gasteiger partial charge on any atom is 0.246 e. The van der Waals surface area contributed by atoms with Gasteiger partial charge in [-0.25, -0.2) is 0 Å². The van der Waals surface area contributed by atoms with E-state index in [9.17, 15) is 4.79 Å². The van der Waals surface area contributed by atoms with Crippen molar-refractivity contribution in [2.24, 2.45) is 0 Å². The van der Waals surface area contributed by atoms with E-state index in [1.54, 1.807) is 6.08 Å². The highest BCUT2D eigenvalue weighted by atomic mass is 16.2. The number of rotatable bonds is 3. The summed E-state index contributed by atoms with van der Waals surface area (Å²) in [6.45, 7) is 2.22. The molecule has 0 aliphatic carbocycles. The van der Waals surface area contributed by atoms with Gasteiger partial charge < -0.3 is 9.80 Å². The molecule has 1 aliphatic rings. The fourth-order valence-electron chi connectivity index (χ4n) is 2.02. The Bertz CT molecular complexity index is 454. The predicted molar refractivity (Wildman–Crippen MR) is 71.1 cm³/mol. The zero-order valence-corrected chi connectivity index (χ0v) is 11.0. The van der Waals surface area contributed by atoms with Gasteiger partial charge in [0.05, 0.1) is 0 Å². The summed E-state index contributed by atoms with van der Waals surface area (Å²) >= 11 is 0. The zero-order chi connectivity index (χ0) is 13.0. The lowest BCUT2D eigenvalue weighted by atomic mass is 10.1. The van der Waals surface area contributed by atoms with E-state index in [1.165, 1.54) is 0 Å². The van der Waals surface area contributed by atoms with E-state index in [4.69, 9.17) is 0 Å². The van der Waals surface area contributed by atoms with Crippen molar-refractivity contribution in [1.82, 2.24) is 14.8 Å². The van der Waals surface area contributed by atoms with Crippen molar-refractivity contribution in [3.8, 4) is 0 Å². The van der Waals surface area contributed by atoms with Crippen LogP contribution in [0.4, 0.5) is 0 Å². The number of carbonyl (C=O) groups is 1. The molecular weight excluding hydrogens is 226 g/mol. The van der Waals surface area contributed by atoms with E-state index >= 15 is 0 Å². The van der Waals surface area contributed by atoms with Crippen molar-refractivity contribution < 1.29 is 4.79 Å². The summed E-state index contributed by atoms with van der Waals surface area (Å²) in [5.41, 5.74) is 2.29. The molecule has 2 heterocycles. The minimum atomic E-state index is 0.0892. The quantitative estimate of drug-likeness (QED) is 0.748. The lowest BCUT2D eigenvalue weighted by Gasteiger charge is -2.27. The second-order valence-electron chi connectivity index (χ2n) is 4.78. The molecule has 1 aromatic rings. The first kappa shape index (κ1) is 12.8. The van der Waals surface area contributed by atoms with E-state index in [0.29, 0.717) is 6.54 Å². The van der Waals surface area contributed by atoms with Gasteiger partial charge in [0.2, 0.25) is 5.91 Å². The Morgan fingerprint density at radius 3 is 3.17 bits per heavy atom. The zero-order valence-electron chi connectivity index (χ0n) is 11.0. The maximum absolute atomic E-state index is 12.0. The number of nitrogens with zero attached hydrogens (tertiary/aromatic N) is 3. The van der Waals surface area contributed by atoms with Crippen LogP contribution in [0.25, 0.3) is 0 Å². The van der Waals surface area contributed by atoms with Crippen LogP contribution in [0.3, 0.4) is 0 Å². The topological polar surface area (TPSA) is 36.4 Å². The molecule has 18 heavy (non-hydrogen) atoms. The third kappa shape index (κ3) is 3.17. The monoisotopic (exact) mass is 245 g/mol. The van der Waals surface area contributed by atoms with Crippen molar-refractivity contribution >= 4 is 5.91 Å². The van der Waals surface area contributed by atoms with Crippen LogP contribution >= 0.6 is 0 Å². The molecule has 0 unspecified atom stereocenters. The summed E-state index contributed by atoms with van der Waals surface area (Å²) in [5.74, 6) is 0.0892. The standard InChI is InChI=1S/C14H19N3O/c1-16(2)9-4-6-14(18)17-10-7-13-12(11-17)5-3-8-15-13/h3-6,8H,7,9-11H2,1-2H3/b6-4+. The van der Waals surface area contributed by atoms with Crippen molar-refractivity contribution in [3.05, 3.63) is 41.7 Å². The predicted octanol–water partition coefficient (Wildman–Crippen LogP) is 1.08. The summed E-state index contributed by atoms with van der Waals surface area (Å²) in [6, 6.07) is 3.97. The first-order chi connectivity index (χ1) is 8.66. The van der Waals surface area contributed by atoms with Gasteiger partial charge in [-0.3, -0.25) is 9.78 Å². The largest absolute Gasteiger partial charge is 0.334 e. The molecule has 1 aliphatic heterocycles. The van der Waals surface area contributed by atoms with Gasteiger partial charge in [-0.2, -0.15) is 0 Å². The van der Waals surface area contributed by atoms with Crippen molar-refractivity contribution in [3.63, 3.8) is 0 Å². The Morgan fingerprint density at radius 1 is 1.56 bits per heavy atom. The highest BCUT2D eigenvalue weighted by Crippen LogP contribution is 2.16. The summed E-state index contributed by atoms with van der Waals surface area (Å²) in [4.78, 5) is 20.2. The molecule has 0 bridgehead atoms. The number of pyridine rings is 1. The van der Waals surface area contributed by atoms with E-state index in [1.807, 2.05) is 48.3 Å². The molecule has 4 nitrogen and oxygen atoms in total. The van der Waals surface area contributed by atoms with Gasteiger partial charge in [0.1, 0.15) is 0 Å². The summed E-state index contributed by atoms with van der Waals surface area (Å²) in [7, 11) is 3.97. The normalized spacial score (nSPS) is 15.2. The minimum Gasteiger partial charge on any atom is -0.334 e. The fourth-order valence-corrected chi connectivity index (χ4v) is 2.02. The molecule has 1 aromatic heterocycles. The second-order valence-corrected chi connectivity index (χ2v) is 4.78. The molecule has 0 aromatic carbocycles. The van der Waals surface area contributed by atoms with Gasteiger partial charge in [0.25, 0.3) is 0 Å². The third-order valence-corrected chi connectivity index (χ3v) is 3.01. The number of hydrogen-bond acceptors (Lipinski definition) is 3. The van der Waals surface area contributed by atoms with Gasteiger partial charge in [-0.05, 0) is 25.7 Å². The molecule has 1 amide bonds. The highest BCUT2D eigenvalue weighted by Gasteiger charge is 2.19. The van der Waals surface area contributed by atoms with Crippen LogP contribution in [-0.2, 0) is 17.8 Å². The Balaban J connectivity index is 1.96. The number of fused-ring (bicyclic) bond motifs is 1. The molecule has 0 N–H and O–H groups in total. The van der Waals surface area contributed by atoms with Gasteiger partial charge in [-0.15, -0.1) is 0 Å². The Kier molecular flexibility index (Phi) is 4.10. The van der Waals surface area contributed by atoms with Crippen LogP contribution in [0.5, 0.6) is 0 Å². The van der Waals surface area contributed by atoms with Crippen LogP contribution in [0, 0.1) is 0 Å². The molecule has 0 radical (unpaired) electrons. The van der Waals surface area contributed by atoms with Gasteiger partial charge in [-0.1, -0.05) is 12.1 Å². The number of carbonyl (C=O) groups excluding carboxylic acids is 1. The van der Waals surface area contributed by atoms with Crippen molar-refractivity contribution in [2.75, 3.05) is 27.2 Å². The summed E-state index contributed by atoms with van der Waals surface area (Å²) in [5, 5.41) is 0. The molecule has 0 spiro atoms. The van der Waals surface area contributed by atoms with Gasteiger partial charge in [0, 0.05) is 44.0 Å². The average Bonchev–Trinajstić information content (AvgIpc) is 2.37. The lowest BCUT2D eigenvalue weighted by Crippen LogP contribution is -2.35. The van der Waals surface area contributed by atoms with E-state index in [2.05, 4.69) is 4.98 Å². The molecule has 0 saturated heterocycles. The molecular formula is C14H19N3O. The van der Waals surface area contributed by atoms with Crippen molar-refractivity contribution in [1.29, 1.82) is 0 Å². The molecule has 96 valence electrons. The molecule has 0 atom stereocenters. The number of likely N-dealkylation sites (N-methyl/N-ethyl adjacent to an activating group) is 1. The highest BCUT2D eigenvalue weighted by molar-refractivity contribution is 5.87. The molecule has 0 saturated carbocycles. The van der Waals surface area contributed by atoms with E-state index in [-0.39, 0.29) is 5.91 Å². The molecule has 0 fully saturated rings. The van der Waals surface area contributed by atoms with Crippen LogP contribution in [0.1, 0.15) is 11.3 Å². The van der Waals surface area contributed by atoms with Crippen LogP contribution in [0.15, 0.2) is 30.5 Å². The SMILES string of the molecule is CN(C)C/C=C/C(=O)N1CCc2ncccc2C1. The molecule has 4 heteroatoms. The van der Waals surface area contributed by atoms with Gasteiger partial charge in [0.15, 0.2) is 0 Å². The Hall–Kier alpha value is -1.68. The smallest absolute Gasteiger partial charge is 0.246 e. The second kappa shape index (κ2) is 5.78. The number of hydrogen-bond donors (Lipinski definition) is 0. The fraction of sp³-hybridized carbons (Fsp3) is 0.429. The van der Waals surface area contributed by atoms with Crippen LogP contribution < -0.4 is 0 Å². The maximum atomic E-state index is 12.0. The first-order valence-corrected chi connectivity index (χ1v) is 6.20. The Morgan fingerprint density at radius 2 is 2.39 bits per heavy atom. The van der Waals surface area contributed by atoms with Crippen LogP contribution in [0.2, 0.25) is 0 Å². The average molecular weight is 245 g/mol. The summed E-state index contributed by atoms with van der Waals surface area (Å²) in [6.07, 6.45) is 6.24. The van der Waals surface area contributed by atoms with Gasteiger partial charge >= 0.3 is 0 Å². The number of amides is 1. The summed E-state index contributed by atoms with van der Waals surface area (Å²) < 4.78 is 0. The first-order valence-electron chi connectivity index (χ1n) is 6.20. The number of aromatic nitrogens is 1. The van der Waals surface area contributed by atoms with E-state index in [0.717, 1.165) is 30.8 Å².